The highest BCUT2D eigenvalue weighted by atomic mass is 19.1. The van der Waals surface area contributed by atoms with Crippen molar-refractivity contribution in [1.82, 2.24) is 19.9 Å². The van der Waals surface area contributed by atoms with E-state index in [4.69, 9.17) is 9.72 Å². The van der Waals surface area contributed by atoms with E-state index in [0.29, 0.717) is 18.3 Å². The molecule has 2 aromatic heterocycles. The van der Waals surface area contributed by atoms with Crippen molar-refractivity contribution in [3.05, 3.63) is 47.5 Å². The van der Waals surface area contributed by atoms with Crippen molar-refractivity contribution < 1.29 is 9.13 Å². The molecule has 0 fully saturated rings. The van der Waals surface area contributed by atoms with Gasteiger partial charge < -0.3 is 24.8 Å². The van der Waals surface area contributed by atoms with Crippen LogP contribution in [0.2, 0.25) is 0 Å². The van der Waals surface area contributed by atoms with E-state index in [1.54, 1.807) is 6.20 Å². The first kappa shape index (κ1) is 19.8. The van der Waals surface area contributed by atoms with Crippen molar-refractivity contribution in [1.29, 1.82) is 0 Å². The molecule has 31 heavy (non-hydrogen) atoms. The summed E-state index contributed by atoms with van der Waals surface area (Å²) in [6.07, 6.45) is 2.68. The van der Waals surface area contributed by atoms with Crippen LogP contribution in [0.25, 0.3) is 11.3 Å². The predicted molar refractivity (Wildman–Crippen MR) is 120 cm³/mol. The van der Waals surface area contributed by atoms with Gasteiger partial charge in [-0.15, -0.1) is 0 Å². The molecule has 8 heteroatoms. The summed E-state index contributed by atoms with van der Waals surface area (Å²) in [5, 5.41) is 6.66. The van der Waals surface area contributed by atoms with E-state index in [0.717, 1.165) is 54.5 Å². The first-order chi connectivity index (χ1) is 15.0. The van der Waals surface area contributed by atoms with E-state index in [2.05, 4.69) is 40.4 Å². The van der Waals surface area contributed by atoms with Crippen molar-refractivity contribution in [3.63, 3.8) is 0 Å². The number of fused-ring (bicyclic) bond motifs is 2. The lowest BCUT2D eigenvalue weighted by Crippen LogP contribution is -2.38. The molecule has 2 N–H and O–H groups in total. The lowest BCUT2D eigenvalue weighted by atomic mass is 10.1. The molecular weight excluding hydrogens is 395 g/mol. The summed E-state index contributed by atoms with van der Waals surface area (Å²) in [5.41, 5.74) is 4.72. The molecular formula is C23H27FN6O. The Hall–Kier alpha value is -3.13. The summed E-state index contributed by atoms with van der Waals surface area (Å²) >= 11 is 0. The third-order valence-electron chi connectivity index (χ3n) is 5.98. The van der Waals surface area contributed by atoms with E-state index < -0.39 is 0 Å². The second kappa shape index (κ2) is 7.85. The van der Waals surface area contributed by atoms with Crippen LogP contribution in [0.1, 0.15) is 25.1 Å². The van der Waals surface area contributed by atoms with Gasteiger partial charge in [0.05, 0.1) is 24.1 Å². The van der Waals surface area contributed by atoms with Gasteiger partial charge in [-0.05, 0) is 37.6 Å². The molecule has 5 rings (SSSR count). The maximum Gasteiger partial charge on any atom is 0.208 e. The van der Waals surface area contributed by atoms with E-state index in [1.807, 2.05) is 23.7 Å². The Morgan fingerprint density at radius 3 is 2.97 bits per heavy atom. The molecule has 1 aromatic carbocycles. The van der Waals surface area contributed by atoms with Gasteiger partial charge in [0.1, 0.15) is 12.4 Å². The molecule has 0 unspecified atom stereocenters. The van der Waals surface area contributed by atoms with Crippen molar-refractivity contribution in [2.24, 2.45) is 7.05 Å². The van der Waals surface area contributed by atoms with Crippen molar-refractivity contribution in [2.75, 3.05) is 29.9 Å². The van der Waals surface area contributed by atoms with Gasteiger partial charge in [0.15, 0.2) is 11.6 Å². The lowest BCUT2D eigenvalue weighted by Gasteiger charge is -2.34. The number of nitrogens with one attached hydrogen (secondary N) is 2. The molecule has 0 bridgehead atoms. The van der Waals surface area contributed by atoms with Crippen LogP contribution in [-0.2, 0) is 20.0 Å². The predicted octanol–water partition coefficient (Wildman–Crippen LogP) is 3.62. The minimum absolute atomic E-state index is 0.256. The normalized spacial score (nSPS) is 15.5. The highest BCUT2D eigenvalue weighted by molar-refractivity contribution is 5.73. The number of imidazole rings is 1. The molecule has 2 aliphatic heterocycles. The molecule has 3 aromatic rings. The first-order valence-corrected chi connectivity index (χ1v) is 10.7. The van der Waals surface area contributed by atoms with E-state index in [1.165, 1.54) is 11.6 Å². The Balaban J connectivity index is 1.47. The molecule has 0 atom stereocenters. The number of anilines is 3. The molecule has 0 radical (unpaired) electrons. The minimum atomic E-state index is -0.349. The van der Waals surface area contributed by atoms with E-state index in [9.17, 15) is 4.39 Å². The van der Waals surface area contributed by atoms with Crippen LogP contribution in [0.4, 0.5) is 21.8 Å². The number of hydrogen-bond donors (Lipinski definition) is 2. The minimum Gasteiger partial charge on any atom is -0.486 e. The largest absolute Gasteiger partial charge is 0.486 e. The number of aromatic nitrogens is 3. The van der Waals surface area contributed by atoms with Gasteiger partial charge in [-0.3, -0.25) is 0 Å². The van der Waals surface area contributed by atoms with Gasteiger partial charge >= 0.3 is 0 Å². The van der Waals surface area contributed by atoms with Crippen LogP contribution in [0.3, 0.4) is 0 Å². The highest BCUT2D eigenvalue weighted by Gasteiger charge is 2.25. The molecule has 2 aliphatic rings. The molecule has 0 amide bonds. The summed E-state index contributed by atoms with van der Waals surface area (Å²) in [4.78, 5) is 11.4. The zero-order chi connectivity index (χ0) is 21.5. The fourth-order valence-corrected chi connectivity index (χ4v) is 4.30. The molecule has 162 valence electrons. The number of ether oxygens (including phenoxy) is 1. The van der Waals surface area contributed by atoms with Crippen molar-refractivity contribution in [3.8, 4) is 17.0 Å². The summed E-state index contributed by atoms with van der Waals surface area (Å²) in [6.45, 7) is 7.24. The number of nitrogens with zero attached hydrogens (tertiary/aromatic N) is 4. The summed E-state index contributed by atoms with van der Waals surface area (Å²) in [5.74, 6) is 1.40. The van der Waals surface area contributed by atoms with Gasteiger partial charge in [-0.25, -0.2) is 14.4 Å². The van der Waals surface area contributed by atoms with Crippen LogP contribution < -0.4 is 20.3 Å². The molecule has 0 saturated carbocycles. The molecule has 7 nitrogen and oxygen atoms in total. The third kappa shape index (κ3) is 3.61. The topological polar surface area (TPSA) is 67.2 Å². The van der Waals surface area contributed by atoms with Crippen LogP contribution in [0.15, 0.2) is 30.5 Å². The van der Waals surface area contributed by atoms with Crippen LogP contribution in [0, 0.1) is 5.82 Å². The number of benzene rings is 1. The monoisotopic (exact) mass is 422 g/mol. The molecule has 0 spiro atoms. The Kier molecular flexibility index (Phi) is 5.02. The van der Waals surface area contributed by atoms with Gasteiger partial charge in [0, 0.05) is 43.9 Å². The van der Waals surface area contributed by atoms with Crippen LogP contribution in [0.5, 0.6) is 5.75 Å². The fraction of sp³-hybridized carbons (Fsp3) is 0.391. The standard InChI is InChI=1S/C23H27FN6O/c1-14(2)30-8-9-31-22-17(24)10-16(11-19(22)30)20-13-26-23(29(20)3)28-21-5-4-15-12-25-7-6-18(15)27-21/h4-5,10-11,13-14,25H,6-9,12H2,1-3H3,(H,26,27,28). The van der Waals surface area contributed by atoms with E-state index >= 15 is 0 Å². The Labute approximate surface area is 181 Å². The summed E-state index contributed by atoms with van der Waals surface area (Å²) in [6, 6.07) is 7.83. The zero-order valence-electron chi connectivity index (χ0n) is 18.1. The van der Waals surface area contributed by atoms with Gasteiger partial charge in [-0.2, -0.15) is 0 Å². The highest BCUT2D eigenvalue weighted by Crippen LogP contribution is 2.39. The molecule has 4 heterocycles. The number of halogens is 1. The fourth-order valence-electron chi connectivity index (χ4n) is 4.30. The van der Waals surface area contributed by atoms with Gasteiger partial charge in [0.2, 0.25) is 5.95 Å². The summed E-state index contributed by atoms with van der Waals surface area (Å²) < 4.78 is 22.4. The van der Waals surface area contributed by atoms with Crippen LogP contribution >= 0.6 is 0 Å². The first-order valence-electron chi connectivity index (χ1n) is 10.7. The SMILES string of the molecule is CC(C)N1CCOc2c(F)cc(-c3cnc(Nc4ccc5c(n4)CCNC5)n3C)cc21. The average Bonchev–Trinajstić information content (AvgIpc) is 3.13. The molecule has 0 saturated heterocycles. The quantitative estimate of drug-likeness (QED) is 0.670. The van der Waals surface area contributed by atoms with Crippen molar-refractivity contribution in [2.45, 2.75) is 32.9 Å². The number of pyridine rings is 1. The Bertz CT molecular complexity index is 1130. The van der Waals surface area contributed by atoms with E-state index in [-0.39, 0.29) is 11.9 Å². The Morgan fingerprint density at radius 1 is 1.26 bits per heavy atom. The lowest BCUT2D eigenvalue weighted by molar-refractivity contribution is 0.287. The smallest absolute Gasteiger partial charge is 0.208 e. The molecule has 0 aliphatic carbocycles. The van der Waals surface area contributed by atoms with Crippen molar-refractivity contribution >= 4 is 17.5 Å². The average molecular weight is 423 g/mol. The second-order valence-corrected chi connectivity index (χ2v) is 8.32. The Morgan fingerprint density at radius 2 is 2.13 bits per heavy atom. The third-order valence-corrected chi connectivity index (χ3v) is 5.98. The summed E-state index contributed by atoms with van der Waals surface area (Å²) in [7, 11) is 1.92. The van der Waals surface area contributed by atoms with Gasteiger partial charge in [-0.1, -0.05) is 6.07 Å². The maximum absolute atomic E-state index is 14.9. The van der Waals surface area contributed by atoms with Gasteiger partial charge in [0.25, 0.3) is 0 Å². The maximum atomic E-state index is 14.9. The number of rotatable bonds is 4. The second-order valence-electron chi connectivity index (χ2n) is 8.32. The van der Waals surface area contributed by atoms with Crippen LogP contribution in [-0.4, -0.2) is 40.3 Å². The zero-order valence-corrected chi connectivity index (χ0v) is 18.1. The number of hydrogen-bond acceptors (Lipinski definition) is 6.